The molecular formula is C16H20ClN3S. The Balaban J connectivity index is 1.83. The van der Waals surface area contributed by atoms with Crippen molar-refractivity contribution in [2.75, 3.05) is 5.75 Å². The Morgan fingerprint density at radius 2 is 2.24 bits per heavy atom. The molecule has 2 unspecified atom stereocenters. The van der Waals surface area contributed by atoms with Crippen molar-refractivity contribution in [3.63, 3.8) is 0 Å². The van der Waals surface area contributed by atoms with Crippen molar-refractivity contribution in [3.05, 3.63) is 46.2 Å². The molecule has 0 spiro atoms. The standard InChI is InChI=1S/C16H20ClN3S/c1-3-20-14(16(17)10(2)19-20)8-13(18)12-9-21-15-7-5-4-6-11(12)15/h4-7,12-13H,3,8-9,18H2,1-2H3. The van der Waals surface area contributed by atoms with Crippen LogP contribution in [0, 0.1) is 6.92 Å². The minimum atomic E-state index is 0.0695. The lowest BCUT2D eigenvalue weighted by atomic mass is 9.91. The second-order valence-electron chi connectivity index (χ2n) is 5.49. The third kappa shape index (κ3) is 2.72. The van der Waals surface area contributed by atoms with Gasteiger partial charge in [0.05, 0.1) is 16.4 Å². The largest absolute Gasteiger partial charge is 0.327 e. The first-order valence-electron chi connectivity index (χ1n) is 7.31. The number of benzene rings is 1. The summed E-state index contributed by atoms with van der Waals surface area (Å²) in [4.78, 5) is 1.37. The van der Waals surface area contributed by atoms with Crippen molar-refractivity contribution in [2.24, 2.45) is 5.73 Å². The molecule has 2 N–H and O–H groups in total. The van der Waals surface area contributed by atoms with E-state index < -0.39 is 0 Å². The van der Waals surface area contributed by atoms with Gasteiger partial charge in [0.15, 0.2) is 0 Å². The molecule has 2 heterocycles. The molecule has 2 atom stereocenters. The van der Waals surface area contributed by atoms with Crippen LogP contribution >= 0.6 is 23.4 Å². The number of hydrogen-bond donors (Lipinski definition) is 1. The molecule has 0 amide bonds. The number of fused-ring (bicyclic) bond motifs is 1. The van der Waals surface area contributed by atoms with E-state index in [-0.39, 0.29) is 6.04 Å². The van der Waals surface area contributed by atoms with Crippen molar-refractivity contribution >= 4 is 23.4 Å². The van der Waals surface area contributed by atoms with Gasteiger partial charge in [0.2, 0.25) is 0 Å². The molecule has 3 rings (SSSR count). The lowest BCUT2D eigenvalue weighted by Crippen LogP contribution is -2.32. The van der Waals surface area contributed by atoms with Gasteiger partial charge >= 0.3 is 0 Å². The van der Waals surface area contributed by atoms with Gasteiger partial charge in [-0.25, -0.2) is 0 Å². The van der Waals surface area contributed by atoms with Crippen molar-refractivity contribution < 1.29 is 0 Å². The minimum absolute atomic E-state index is 0.0695. The lowest BCUT2D eigenvalue weighted by molar-refractivity contribution is 0.531. The predicted molar refractivity (Wildman–Crippen MR) is 89.2 cm³/mol. The molecule has 0 fully saturated rings. The molecule has 21 heavy (non-hydrogen) atoms. The van der Waals surface area contributed by atoms with Crippen LogP contribution in [-0.4, -0.2) is 21.6 Å². The van der Waals surface area contributed by atoms with Crippen molar-refractivity contribution in [1.82, 2.24) is 9.78 Å². The number of nitrogens with zero attached hydrogens (tertiary/aromatic N) is 2. The highest BCUT2D eigenvalue weighted by Crippen LogP contribution is 2.41. The highest BCUT2D eigenvalue weighted by molar-refractivity contribution is 7.99. The van der Waals surface area contributed by atoms with Gasteiger partial charge in [-0.2, -0.15) is 5.10 Å². The zero-order chi connectivity index (χ0) is 15.0. The van der Waals surface area contributed by atoms with Crippen LogP contribution in [0.25, 0.3) is 0 Å². The van der Waals surface area contributed by atoms with E-state index in [0.29, 0.717) is 5.92 Å². The van der Waals surface area contributed by atoms with Crippen LogP contribution < -0.4 is 5.73 Å². The molecule has 0 radical (unpaired) electrons. The van der Waals surface area contributed by atoms with Crippen molar-refractivity contribution in [1.29, 1.82) is 0 Å². The topological polar surface area (TPSA) is 43.8 Å². The summed E-state index contributed by atoms with van der Waals surface area (Å²) in [7, 11) is 0. The van der Waals surface area contributed by atoms with Gasteiger partial charge in [0, 0.05) is 35.6 Å². The summed E-state index contributed by atoms with van der Waals surface area (Å²) in [5.41, 5.74) is 9.85. The van der Waals surface area contributed by atoms with Crippen LogP contribution in [0.1, 0.15) is 29.8 Å². The van der Waals surface area contributed by atoms with Crippen LogP contribution in [0.4, 0.5) is 0 Å². The third-order valence-electron chi connectivity index (χ3n) is 4.14. The average molecular weight is 322 g/mol. The van der Waals surface area contributed by atoms with Gasteiger partial charge in [-0.15, -0.1) is 11.8 Å². The summed E-state index contributed by atoms with van der Waals surface area (Å²) in [5, 5.41) is 5.25. The number of halogens is 1. The fraction of sp³-hybridized carbons (Fsp3) is 0.438. The van der Waals surface area contributed by atoms with Crippen molar-refractivity contribution in [2.45, 2.75) is 43.7 Å². The molecule has 0 saturated heterocycles. The van der Waals surface area contributed by atoms with Crippen molar-refractivity contribution in [3.8, 4) is 0 Å². The monoisotopic (exact) mass is 321 g/mol. The fourth-order valence-corrected chi connectivity index (χ4v) is 4.53. The summed E-state index contributed by atoms with van der Waals surface area (Å²) >= 11 is 8.30. The SMILES string of the molecule is CCn1nc(C)c(Cl)c1CC(N)C1CSc2ccccc21. The summed E-state index contributed by atoms with van der Waals surface area (Å²) in [6.45, 7) is 4.86. The second kappa shape index (κ2) is 6.03. The summed E-state index contributed by atoms with van der Waals surface area (Å²) in [6.07, 6.45) is 0.771. The third-order valence-corrected chi connectivity index (χ3v) is 5.84. The molecule has 2 aromatic rings. The number of aromatic nitrogens is 2. The molecule has 0 bridgehead atoms. The number of nitrogens with two attached hydrogens (primary N) is 1. The van der Waals surface area contributed by atoms with Gasteiger partial charge in [0.25, 0.3) is 0 Å². The van der Waals surface area contributed by atoms with E-state index >= 15 is 0 Å². The first-order chi connectivity index (χ1) is 10.1. The summed E-state index contributed by atoms with van der Waals surface area (Å²) in [6, 6.07) is 8.63. The second-order valence-corrected chi connectivity index (χ2v) is 6.92. The Bertz CT molecular complexity index is 653. The van der Waals surface area contributed by atoms with E-state index in [0.717, 1.165) is 35.1 Å². The molecule has 0 aliphatic carbocycles. The van der Waals surface area contributed by atoms with E-state index in [1.807, 2.05) is 23.4 Å². The number of aryl methyl sites for hydroxylation is 2. The number of hydrogen-bond acceptors (Lipinski definition) is 3. The maximum Gasteiger partial charge on any atom is 0.0847 e. The van der Waals surface area contributed by atoms with Crippen LogP contribution in [-0.2, 0) is 13.0 Å². The Kier molecular flexibility index (Phi) is 4.29. The Labute approximate surface area is 134 Å². The zero-order valence-corrected chi connectivity index (χ0v) is 13.9. The van der Waals surface area contributed by atoms with Crippen LogP contribution in [0.2, 0.25) is 5.02 Å². The Morgan fingerprint density at radius 3 is 3.00 bits per heavy atom. The number of rotatable bonds is 4. The maximum atomic E-state index is 6.51. The highest BCUT2D eigenvalue weighted by atomic mass is 35.5. The van der Waals surface area contributed by atoms with E-state index in [1.54, 1.807) is 0 Å². The average Bonchev–Trinajstić information content (AvgIpc) is 3.03. The molecule has 3 nitrogen and oxygen atoms in total. The Morgan fingerprint density at radius 1 is 1.48 bits per heavy atom. The quantitative estimate of drug-likeness (QED) is 0.935. The fourth-order valence-electron chi connectivity index (χ4n) is 2.97. The van der Waals surface area contributed by atoms with Gasteiger partial charge in [-0.05, 0) is 25.5 Å². The number of thioether (sulfide) groups is 1. The van der Waals surface area contributed by atoms with E-state index in [1.165, 1.54) is 10.5 Å². The summed E-state index contributed by atoms with van der Waals surface area (Å²) in [5.74, 6) is 1.44. The van der Waals surface area contributed by atoms with E-state index in [4.69, 9.17) is 17.3 Å². The lowest BCUT2D eigenvalue weighted by Gasteiger charge is -2.20. The maximum absolute atomic E-state index is 6.51. The highest BCUT2D eigenvalue weighted by Gasteiger charge is 2.29. The smallest absolute Gasteiger partial charge is 0.0847 e. The zero-order valence-electron chi connectivity index (χ0n) is 12.3. The first kappa shape index (κ1) is 14.9. The van der Waals surface area contributed by atoms with Crippen LogP contribution in [0.5, 0.6) is 0 Å². The van der Waals surface area contributed by atoms with Crippen LogP contribution in [0.3, 0.4) is 0 Å². The molecule has 112 valence electrons. The predicted octanol–water partition coefficient (Wildman–Crippen LogP) is 3.62. The van der Waals surface area contributed by atoms with Gasteiger partial charge in [0.1, 0.15) is 0 Å². The van der Waals surface area contributed by atoms with E-state index in [2.05, 4.69) is 36.3 Å². The normalized spacial score (nSPS) is 18.8. The molecule has 0 saturated carbocycles. The molecule has 1 aliphatic rings. The minimum Gasteiger partial charge on any atom is -0.327 e. The molecule has 1 aliphatic heterocycles. The van der Waals surface area contributed by atoms with Gasteiger partial charge in [-0.1, -0.05) is 29.8 Å². The van der Waals surface area contributed by atoms with E-state index in [9.17, 15) is 0 Å². The van der Waals surface area contributed by atoms with Crippen LogP contribution in [0.15, 0.2) is 29.2 Å². The molecular weight excluding hydrogens is 302 g/mol. The molecule has 1 aromatic carbocycles. The first-order valence-corrected chi connectivity index (χ1v) is 8.67. The molecule has 1 aromatic heterocycles. The van der Waals surface area contributed by atoms with Gasteiger partial charge in [-0.3, -0.25) is 4.68 Å². The molecule has 5 heteroatoms. The Hall–Kier alpha value is -0.970. The summed E-state index contributed by atoms with van der Waals surface area (Å²) < 4.78 is 1.98. The van der Waals surface area contributed by atoms with Gasteiger partial charge < -0.3 is 5.73 Å².